The van der Waals surface area contributed by atoms with E-state index >= 15 is 0 Å². The molecule has 1 aliphatic heterocycles. The second kappa shape index (κ2) is 5.82. The molecule has 31 heavy (non-hydrogen) atoms. The zero-order valence-corrected chi connectivity index (χ0v) is 19.2. The maximum atomic E-state index is 6.39. The van der Waals surface area contributed by atoms with Gasteiger partial charge in [-0.15, -0.1) is 0 Å². The molecule has 8 rings (SSSR count). The molecule has 5 fully saturated rings. The highest BCUT2D eigenvalue weighted by molar-refractivity contribution is 6.62. The van der Waals surface area contributed by atoms with Crippen molar-refractivity contribution >= 4 is 12.6 Å². The Labute approximate surface area is 186 Å². The molecule has 4 saturated carbocycles. The van der Waals surface area contributed by atoms with Gasteiger partial charge in [-0.2, -0.15) is 0 Å². The Morgan fingerprint density at radius 2 is 1.48 bits per heavy atom. The van der Waals surface area contributed by atoms with Crippen LogP contribution in [0.25, 0.3) is 11.1 Å². The van der Waals surface area contributed by atoms with Crippen molar-refractivity contribution in [2.45, 2.75) is 76.4 Å². The highest BCUT2D eigenvalue weighted by Gasteiger charge is 2.62. The Kier molecular flexibility index (Phi) is 3.55. The fourth-order valence-corrected chi connectivity index (χ4v) is 8.11. The van der Waals surface area contributed by atoms with Crippen molar-refractivity contribution in [1.82, 2.24) is 4.98 Å². The van der Waals surface area contributed by atoms with Crippen LogP contribution in [0, 0.1) is 23.7 Å². The van der Waals surface area contributed by atoms with Gasteiger partial charge in [-0.25, -0.2) is 0 Å². The third kappa shape index (κ3) is 2.26. The van der Waals surface area contributed by atoms with Crippen molar-refractivity contribution in [3.63, 3.8) is 0 Å². The molecule has 5 aliphatic carbocycles. The molecular weight excluding hydrogens is 381 g/mol. The van der Waals surface area contributed by atoms with Crippen molar-refractivity contribution in [3.05, 3.63) is 47.8 Å². The molecule has 4 bridgehead atoms. The van der Waals surface area contributed by atoms with E-state index in [9.17, 15) is 0 Å². The summed E-state index contributed by atoms with van der Waals surface area (Å²) < 4.78 is 12.8. The molecule has 160 valence electrons. The number of nitrogens with zero attached hydrogens (tertiary/aromatic N) is 1. The van der Waals surface area contributed by atoms with Gasteiger partial charge in [-0.1, -0.05) is 24.3 Å². The summed E-state index contributed by atoms with van der Waals surface area (Å²) in [6.07, 6.45) is 9.06. The summed E-state index contributed by atoms with van der Waals surface area (Å²) in [5, 5.41) is 0. The minimum Gasteiger partial charge on any atom is -0.399 e. The van der Waals surface area contributed by atoms with Crippen LogP contribution in [0.5, 0.6) is 0 Å². The molecule has 0 atom stereocenters. The molecule has 2 heterocycles. The Morgan fingerprint density at radius 3 is 2.13 bits per heavy atom. The number of aromatic nitrogens is 1. The van der Waals surface area contributed by atoms with E-state index in [2.05, 4.69) is 58.0 Å². The monoisotopic (exact) mass is 413 g/mol. The van der Waals surface area contributed by atoms with Crippen LogP contribution in [0.15, 0.2) is 36.5 Å². The van der Waals surface area contributed by atoms with Gasteiger partial charge in [0.05, 0.1) is 16.9 Å². The number of fused-ring (bicyclic) bond motifs is 3. The number of benzene rings is 1. The lowest BCUT2D eigenvalue weighted by molar-refractivity contribution is -0.0415. The van der Waals surface area contributed by atoms with Crippen LogP contribution < -0.4 is 5.46 Å². The van der Waals surface area contributed by atoms with E-state index in [4.69, 9.17) is 14.3 Å². The van der Waals surface area contributed by atoms with E-state index in [1.165, 1.54) is 54.5 Å². The van der Waals surface area contributed by atoms with Gasteiger partial charge in [0.2, 0.25) is 0 Å². The third-order valence-electron chi connectivity index (χ3n) is 9.93. The Hall–Kier alpha value is -1.65. The summed E-state index contributed by atoms with van der Waals surface area (Å²) in [5.74, 6) is 3.41. The van der Waals surface area contributed by atoms with Crippen LogP contribution in [-0.2, 0) is 14.7 Å². The van der Waals surface area contributed by atoms with E-state index < -0.39 is 0 Å². The Morgan fingerprint density at radius 1 is 0.839 bits per heavy atom. The highest BCUT2D eigenvalue weighted by atomic mass is 16.7. The fraction of sp³-hybridized carbons (Fsp3) is 0.593. The van der Waals surface area contributed by atoms with E-state index in [1.54, 1.807) is 0 Å². The molecule has 1 aromatic heterocycles. The first kappa shape index (κ1) is 18.9. The van der Waals surface area contributed by atoms with Crippen LogP contribution >= 0.6 is 0 Å². The lowest BCUT2D eigenvalue weighted by Crippen LogP contribution is -2.55. The smallest absolute Gasteiger partial charge is 0.399 e. The summed E-state index contributed by atoms with van der Waals surface area (Å²) in [6.45, 7) is 8.51. The second-order valence-electron chi connectivity index (χ2n) is 12.0. The first-order chi connectivity index (χ1) is 14.8. The predicted octanol–water partition coefficient (Wildman–Crippen LogP) is 5.10. The third-order valence-corrected chi connectivity index (χ3v) is 9.93. The molecule has 0 N–H and O–H groups in total. The first-order valence-corrected chi connectivity index (χ1v) is 12.3. The van der Waals surface area contributed by atoms with Crippen LogP contribution in [0.3, 0.4) is 0 Å². The maximum absolute atomic E-state index is 6.39. The minimum absolute atomic E-state index is 0.133. The molecule has 3 nitrogen and oxygen atoms in total. The predicted molar refractivity (Wildman–Crippen MR) is 123 cm³/mol. The SMILES string of the molecule is CC1(C)OB(c2ccc3c(c2)-c2cccnc2C32C3CC4CC(C3)CC2C4)OC1(C)C. The average Bonchev–Trinajstić information content (AvgIpc) is 3.13. The van der Waals surface area contributed by atoms with Gasteiger partial charge in [-0.3, -0.25) is 4.98 Å². The van der Waals surface area contributed by atoms with Crippen molar-refractivity contribution < 1.29 is 9.31 Å². The largest absolute Gasteiger partial charge is 0.494 e. The minimum atomic E-state index is -0.321. The second-order valence-corrected chi connectivity index (χ2v) is 12.0. The zero-order chi connectivity index (χ0) is 21.2. The van der Waals surface area contributed by atoms with Crippen LogP contribution in [0.1, 0.15) is 71.1 Å². The van der Waals surface area contributed by atoms with E-state index in [1.807, 2.05) is 6.20 Å². The molecule has 6 aliphatic rings. The molecule has 1 saturated heterocycles. The summed E-state index contributed by atoms with van der Waals surface area (Å²) >= 11 is 0. The molecule has 1 spiro atoms. The lowest BCUT2D eigenvalue weighted by Gasteiger charge is -2.60. The van der Waals surface area contributed by atoms with Gasteiger partial charge in [0.25, 0.3) is 0 Å². The summed E-state index contributed by atoms with van der Waals surface area (Å²) in [6, 6.07) is 11.5. The van der Waals surface area contributed by atoms with Crippen LogP contribution in [-0.4, -0.2) is 23.3 Å². The van der Waals surface area contributed by atoms with Crippen LogP contribution in [0.2, 0.25) is 0 Å². The quantitative estimate of drug-likeness (QED) is 0.610. The van der Waals surface area contributed by atoms with Crippen molar-refractivity contribution in [2.75, 3.05) is 0 Å². The number of pyridine rings is 1. The van der Waals surface area contributed by atoms with Gasteiger partial charge in [0.1, 0.15) is 0 Å². The maximum Gasteiger partial charge on any atom is 0.494 e. The van der Waals surface area contributed by atoms with Crippen molar-refractivity contribution in [3.8, 4) is 11.1 Å². The molecule has 4 heteroatoms. The zero-order valence-electron chi connectivity index (χ0n) is 19.2. The molecule has 0 unspecified atom stereocenters. The molecule has 1 aromatic carbocycles. The van der Waals surface area contributed by atoms with Crippen LogP contribution in [0.4, 0.5) is 0 Å². The number of hydrogen-bond donors (Lipinski definition) is 0. The average molecular weight is 413 g/mol. The standard InChI is InChI=1S/C27H32BNO2/c1-25(2)26(3,4)31-28(30-25)20-7-8-23-22(15-20)21-6-5-9-29-24(21)27(23)18-11-16-10-17(13-18)14-19(27)12-16/h5-9,15-19H,10-14H2,1-4H3. The summed E-state index contributed by atoms with van der Waals surface area (Å²) in [7, 11) is -0.314. The van der Waals surface area contributed by atoms with Gasteiger partial charge < -0.3 is 9.31 Å². The van der Waals surface area contributed by atoms with E-state index in [0.29, 0.717) is 0 Å². The number of rotatable bonds is 1. The van der Waals surface area contributed by atoms with Crippen molar-refractivity contribution in [2.24, 2.45) is 23.7 Å². The summed E-state index contributed by atoms with van der Waals surface area (Å²) in [4.78, 5) is 5.08. The molecule has 2 aromatic rings. The van der Waals surface area contributed by atoms with Gasteiger partial charge >= 0.3 is 7.12 Å². The topological polar surface area (TPSA) is 31.4 Å². The van der Waals surface area contributed by atoms with Gasteiger partial charge in [-0.05, 0) is 106 Å². The van der Waals surface area contributed by atoms with E-state index in [-0.39, 0.29) is 23.7 Å². The molecular formula is C27H32BNO2. The molecule has 0 radical (unpaired) electrons. The van der Waals surface area contributed by atoms with E-state index in [0.717, 1.165) is 29.1 Å². The Balaban J connectivity index is 1.38. The van der Waals surface area contributed by atoms with Gasteiger partial charge in [0.15, 0.2) is 0 Å². The molecule has 0 amide bonds. The van der Waals surface area contributed by atoms with Gasteiger partial charge in [0, 0.05) is 17.2 Å². The number of hydrogen-bond acceptors (Lipinski definition) is 3. The highest BCUT2D eigenvalue weighted by Crippen LogP contribution is 2.68. The van der Waals surface area contributed by atoms with Crippen molar-refractivity contribution in [1.29, 1.82) is 0 Å². The normalized spacial score (nSPS) is 38.0. The lowest BCUT2D eigenvalue weighted by atomic mass is 9.43. The summed E-state index contributed by atoms with van der Waals surface area (Å²) in [5.41, 5.74) is 6.25. The Bertz CT molecular complexity index is 1050. The first-order valence-electron chi connectivity index (χ1n) is 12.3. The fourth-order valence-electron chi connectivity index (χ4n) is 8.11.